The van der Waals surface area contributed by atoms with Crippen molar-refractivity contribution in [3.63, 3.8) is 0 Å². The highest BCUT2D eigenvalue weighted by atomic mass is 35.5. The fourth-order valence-corrected chi connectivity index (χ4v) is 5.17. The summed E-state index contributed by atoms with van der Waals surface area (Å²) >= 11 is 13.8. The van der Waals surface area contributed by atoms with E-state index in [0.29, 0.717) is 35.3 Å². The van der Waals surface area contributed by atoms with Gasteiger partial charge in [0.05, 0.1) is 5.75 Å². The molecule has 184 valence electrons. The lowest BCUT2D eigenvalue weighted by Gasteiger charge is -2.31. The Balaban J connectivity index is 1.82. The maximum Gasteiger partial charge on any atom is 0.243 e. The summed E-state index contributed by atoms with van der Waals surface area (Å²) in [5.74, 6) is 0.565. The molecule has 2 amide bonds. The molecule has 7 heteroatoms. The normalized spacial score (nSPS) is 11.7. The Kier molecular flexibility index (Phi) is 10.5. The number of hydrogen-bond acceptors (Lipinski definition) is 3. The van der Waals surface area contributed by atoms with Crippen LogP contribution in [0.5, 0.6) is 0 Å². The van der Waals surface area contributed by atoms with Gasteiger partial charge < -0.3 is 10.2 Å². The molecule has 0 bridgehead atoms. The molecule has 35 heavy (non-hydrogen) atoms. The number of hydrogen-bond donors (Lipinski definition) is 1. The third kappa shape index (κ3) is 8.31. The first-order valence-corrected chi connectivity index (χ1v) is 13.5. The Labute approximate surface area is 222 Å². The lowest BCUT2D eigenvalue weighted by Crippen LogP contribution is -2.51. The van der Waals surface area contributed by atoms with E-state index in [9.17, 15) is 9.59 Å². The molecule has 0 aliphatic carbocycles. The summed E-state index contributed by atoms with van der Waals surface area (Å²) in [6.07, 6.45) is 0.442. The van der Waals surface area contributed by atoms with Crippen LogP contribution in [0.2, 0.25) is 10.0 Å². The van der Waals surface area contributed by atoms with Crippen molar-refractivity contribution in [3.05, 3.63) is 105 Å². The van der Waals surface area contributed by atoms with Crippen LogP contribution < -0.4 is 5.32 Å². The predicted molar refractivity (Wildman–Crippen MR) is 147 cm³/mol. The maximum absolute atomic E-state index is 13.6. The van der Waals surface area contributed by atoms with Crippen LogP contribution in [0.1, 0.15) is 29.2 Å². The Bertz CT molecular complexity index is 1120. The topological polar surface area (TPSA) is 49.4 Å². The van der Waals surface area contributed by atoms with Crippen molar-refractivity contribution < 1.29 is 9.59 Å². The van der Waals surface area contributed by atoms with Crippen LogP contribution >= 0.6 is 35.0 Å². The molecular weight excluding hydrogens is 499 g/mol. The van der Waals surface area contributed by atoms with Gasteiger partial charge in [-0.05, 0) is 42.7 Å². The molecule has 3 rings (SSSR count). The minimum absolute atomic E-state index is 0.0900. The number of nitrogens with zero attached hydrogens (tertiary/aromatic N) is 1. The fourth-order valence-electron chi connectivity index (χ4n) is 3.71. The minimum Gasteiger partial charge on any atom is -0.355 e. The largest absolute Gasteiger partial charge is 0.355 e. The number of nitrogens with one attached hydrogen (secondary N) is 1. The predicted octanol–water partition coefficient (Wildman–Crippen LogP) is 6.31. The van der Waals surface area contributed by atoms with E-state index in [1.807, 2.05) is 74.5 Å². The van der Waals surface area contributed by atoms with Crippen LogP contribution in [0.15, 0.2) is 72.8 Å². The van der Waals surface area contributed by atoms with Crippen molar-refractivity contribution in [1.82, 2.24) is 10.2 Å². The van der Waals surface area contributed by atoms with E-state index in [4.69, 9.17) is 23.2 Å². The average molecular weight is 530 g/mol. The van der Waals surface area contributed by atoms with Gasteiger partial charge >= 0.3 is 0 Å². The first-order valence-electron chi connectivity index (χ1n) is 11.6. The zero-order valence-electron chi connectivity index (χ0n) is 20.0. The average Bonchev–Trinajstić information content (AvgIpc) is 2.84. The molecule has 0 aromatic heterocycles. The van der Waals surface area contributed by atoms with Gasteiger partial charge in [-0.2, -0.15) is 0 Å². The van der Waals surface area contributed by atoms with Gasteiger partial charge in [-0.3, -0.25) is 9.59 Å². The van der Waals surface area contributed by atoms with Gasteiger partial charge in [0, 0.05) is 35.3 Å². The van der Waals surface area contributed by atoms with Crippen molar-refractivity contribution in [2.45, 2.75) is 38.6 Å². The minimum atomic E-state index is -0.620. The van der Waals surface area contributed by atoms with Crippen LogP contribution in [0.3, 0.4) is 0 Å². The highest BCUT2D eigenvalue weighted by molar-refractivity contribution is 7.99. The monoisotopic (exact) mass is 528 g/mol. The lowest BCUT2D eigenvalue weighted by atomic mass is 10.0. The molecule has 1 atom stereocenters. The molecule has 3 aromatic rings. The third-order valence-electron chi connectivity index (χ3n) is 5.59. The second-order valence-electron chi connectivity index (χ2n) is 8.34. The molecule has 0 saturated carbocycles. The van der Waals surface area contributed by atoms with Gasteiger partial charge in [-0.1, -0.05) is 89.4 Å². The number of benzene rings is 3. The van der Waals surface area contributed by atoms with E-state index in [1.54, 1.807) is 17.0 Å². The molecule has 3 aromatic carbocycles. The number of carbonyl (C=O) groups excluding carboxylic acids is 2. The van der Waals surface area contributed by atoms with Crippen molar-refractivity contribution in [2.24, 2.45) is 0 Å². The summed E-state index contributed by atoms with van der Waals surface area (Å²) in [7, 11) is 0. The van der Waals surface area contributed by atoms with Gasteiger partial charge in [0.1, 0.15) is 6.04 Å². The Hall–Kier alpha value is -2.47. The first kappa shape index (κ1) is 27.1. The van der Waals surface area contributed by atoms with Crippen molar-refractivity contribution in [2.75, 3.05) is 12.3 Å². The molecule has 0 saturated heterocycles. The number of thioether (sulfide) groups is 1. The van der Waals surface area contributed by atoms with Crippen molar-refractivity contribution in [3.8, 4) is 0 Å². The van der Waals surface area contributed by atoms with E-state index in [2.05, 4.69) is 5.32 Å². The van der Waals surface area contributed by atoms with Crippen LogP contribution in [0, 0.1) is 6.92 Å². The smallest absolute Gasteiger partial charge is 0.243 e. The zero-order chi connectivity index (χ0) is 25.2. The van der Waals surface area contributed by atoms with E-state index >= 15 is 0 Å². The van der Waals surface area contributed by atoms with Crippen molar-refractivity contribution in [1.29, 1.82) is 0 Å². The number of likely N-dealkylation sites (N-methyl/N-ethyl adjacent to an activating group) is 1. The van der Waals surface area contributed by atoms with Crippen LogP contribution in [0.25, 0.3) is 0 Å². The van der Waals surface area contributed by atoms with Gasteiger partial charge in [0.25, 0.3) is 0 Å². The Morgan fingerprint density at radius 2 is 1.69 bits per heavy atom. The fraction of sp³-hybridized carbons (Fsp3) is 0.286. The van der Waals surface area contributed by atoms with E-state index in [-0.39, 0.29) is 17.6 Å². The van der Waals surface area contributed by atoms with Crippen LogP contribution in [-0.2, 0) is 28.3 Å². The van der Waals surface area contributed by atoms with E-state index < -0.39 is 6.04 Å². The third-order valence-corrected chi connectivity index (χ3v) is 7.15. The van der Waals surface area contributed by atoms with Crippen LogP contribution in [0.4, 0.5) is 0 Å². The first-order chi connectivity index (χ1) is 16.9. The number of halogens is 2. The summed E-state index contributed by atoms with van der Waals surface area (Å²) < 4.78 is 0. The molecule has 0 heterocycles. The second kappa shape index (κ2) is 13.6. The summed E-state index contributed by atoms with van der Waals surface area (Å²) in [6.45, 7) is 4.77. The van der Waals surface area contributed by atoms with Gasteiger partial charge in [-0.25, -0.2) is 0 Å². The SMILES string of the molecule is CCNC(=O)[C@@H](Cc1ccccc1)N(Cc1ccc(C)cc1)C(=O)CSCc1ccc(Cl)cc1Cl. The highest BCUT2D eigenvalue weighted by Crippen LogP contribution is 2.25. The van der Waals surface area contributed by atoms with Crippen molar-refractivity contribution >= 4 is 46.8 Å². The summed E-state index contributed by atoms with van der Waals surface area (Å²) in [5, 5.41) is 4.08. The standard InChI is InChI=1S/C28H30Cl2N2O2S/c1-3-31-28(34)26(15-21-7-5-4-6-8-21)32(17-22-11-9-20(2)10-12-22)27(33)19-35-18-23-13-14-24(29)16-25(23)30/h4-14,16,26H,3,15,17-19H2,1-2H3,(H,31,34)/t26-/m1/s1. The van der Waals surface area contributed by atoms with E-state index in [0.717, 1.165) is 22.3 Å². The lowest BCUT2D eigenvalue weighted by molar-refractivity contribution is -0.139. The highest BCUT2D eigenvalue weighted by Gasteiger charge is 2.30. The summed E-state index contributed by atoms with van der Waals surface area (Å²) in [4.78, 5) is 28.4. The molecule has 1 N–H and O–H groups in total. The Morgan fingerprint density at radius 3 is 2.34 bits per heavy atom. The molecule has 0 aliphatic rings. The van der Waals surface area contributed by atoms with E-state index in [1.165, 1.54) is 11.8 Å². The summed E-state index contributed by atoms with van der Waals surface area (Å²) in [6, 6.07) is 22.6. The van der Waals surface area contributed by atoms with Gasteiger partial charge in [0.15, 0.2) is 0 Å². The zero-order valence-corrected chi connectivity index (χ0v) is 22.3. The maximum atomic E-state index is 13.6. The Morgan fingerprint density at radius 1 is 0.971 bits per heavy atom. The molecule has 0 unspecified atom stereocenters. The van der Waals surface area contributed by atoms with Gasteiger partial charge in [-0.15, -0.1) is 11.8 Å². The molecule has 0 aliphatic heterocycles. The van der Waals surface area contributed by atoms with Crippen LogP contribution in [-0.4, -0.2) is 35.1 Å². The summed E-state index contributed by atoms with van der Waals surface area (Å²) in [5.41, 5.74) is 4.05. The molecule has 0 fully saturated rings. The number of carbonyl (C=O) groups is 2. The molecule has 0 radical (unpaired) electrons. The number of rotatable bonds is 11. The number of aryl methyl sites for hydroxylation is 1. The second-order valence-corrected chi connectivity index (χ2v) is 10.2. The quantitative estimate of drug-likeness (QED) is 0.317. The molecule has 4 nitrogen and oxygen atoms in total. The van der Waals surface area contributed by atoms with Gasteiger partial charge in [0.2, 0.25) is 11.8 Å². The number of amides is 2. The molecule has 0 spiro atoms. The molecular formula is C28H30Cl2N2O2S.